The topological polar surface area (TPSA) is 57.6 Å². The number of aliphatic hydroxyl groups is 1. The van der Waals surface area contributed by atoms with E-state index < -0.39 is 0 Å². The summed E-state index contributed by atoms with van der Waals surface area (Å²) >= 11 is 3.55. The van der Waals surface area contributed by atoms with Crippen molar-refractivity contribution in [1.82, 2.24) is 9.88 Å². The molecule has 1 saturated heterocycles. The van der Waals surface area contributed by atoms with Crippen molar-refractivity contribution in [2.24, 2.45) is 5.92 Å². The normalized spacial score (nSPS) is 31.0. The quantitative estimate of drug-likeness (QED) is 0.726. The van der Waals surface area contributed by atoms with Crippen molar-refractivity contribution in [3.63, 3.8) is 0 Å². The Kier molecular flexibility index (Phi) is 6.72. The van der Waals surface area contributed by atoms with Crippen molar-refractivity contribution >= 4 is 21.7 Å². The van der Waals surface area contributed by atoms with Crippen molar-refractivity contribution < 1.29 is 9.84 Å². The summed E-state index contributed by atoms with van der Waals surface area (Å²) < 4.78 is 6.70. The van der Waals surface area contributed by atoms with Crippen LogP contribution < -0.4 is 5.32 Å². The first-order valence-electron chi connectivity index (χ1n) is 9.44. The number of hydrogen-bond donors (Lipinski definition) is 2. The van der Waals surface area contributed by atoms with Gasteiger partial charge in [-0.3, -0.25) is 4.90 Å². The number of nitrogens with zero attached hydrogens (tertiary/aromatic N) is 2. The van der Waals surface area contributed by atoms with Crippen LogP contribution >= 0.6 is 15.9 Å². The molecule has 140 valence electrons. The molecule has 0 amide bonds. The molecule has 0 radical (unpaired) electrons. The third-order valence-corrected chi connectivity index (χ3v) is 5.55. The lowest BCUT2D eigenvalue weighted by Gasteiger charge is -2.35. The second-order valence-electron chi connectivity index (χ2n) is 7.69. The summed E-state index contributed by atoms with van der Waals surface area (Å²) in [5.74, 6) is 1.57. The Morgan fingerprint density at radius 2 is 1.88 bits per heavy atom. The number of pyridine rings is 1. The maximum atomic E-state index is 9.63. The molecule has 1 saturated carbocycles. The molecule has 0 aromatic carbocycles. The molecule has 2 atom stereocenters. The van der Waals surface area contributed by atoms with Gasteiger partial charge in [0.15, 0.2) is 0 Å². The average Bonchev–Trinajstić information content (AvgIpc) is 2.53. The Labute approximate surface area is 159 Å². The molecule has 2 aliphatic rings. The highest BCUT2D eigenvalue weighted by atomic mass is 79.9. The molecule has 1 aliphatic carbocycles. The summed E-state index contributed by atoms with van der Waals surface area (Å²) in [5, 5.41) is 13.1. The largest absolute Gasteiger partial charge is 0.393 e. The fourth-order valence-electron chi connectivity index (χ4n) is 4.00. The number of halogens is 1. The first-order valence-corrected chi connectivity index (χ1v) is 10.2. The maximum absolute atomic E-state index is 9.63. The molecule has 5 nitrogen and oxygen atoms in total. The molecular weight excluding hydrogens is 382 g/mol. The van der Waals surface area contributed by atoms with E-state index in [0.717, 1.165) is 62.3 Å². The van der Waals surface area contributed by atoms with Gasteiger partial charge in [0.2, 0.25) is 0 Å². The summed E-state index contributed by atoms with van der Waals surface area (Å²) in [6.07, 6.45) is 4.53. The molecular formula is C19H30BrN3O2. The number of nitrogens with one attached hydrogen (secondary N) is 1. The number of ether oxygens (including phenoxy) is 1. The van der Waals surface area contributed by atoms with Crippen LogP contribution in [0.15, 0.2) is 16.7 Å². The van der Waals surface area contributed by atoms with Crippen LogP contribution in [0.25, 0.3) is 0 Å². The van der Waals surface area contributed by atoms with Crippen LogP contribution in [-0.4, -0.2) is 52.9 Å². The highest BCUT2D eigenvalue weighted by Crippen LogP contribution is 2.25. The van der Waals surface area contributed by atoms with Crippen LogP contribution in [-0.2, 0) is 11.3 Å². The van der Waals surface area contributed by atoms with Crippen LogP contribution in [0.4, 0.5) is 5.82 Å². The molecule has 0 bridgehead atoms. The smallest absolute Gasteiger partial charge is 0.127 e. The van der Waals surface area contributed by atoms with Gasteiger partial charge in [0.1, 0.15) is 10.4 Å². The van der Waals surface area contributed by atoms with Crippen LogP contribution in [0.2, 0.25) is 0 Å². The number of hydrogen-bond acceptors (Lipinski definition) is 5. The van der Waals surface area contributed by atoms with Crippen molar-refractivity contribution in [2.75, 3.05) is 25.0 Å². The minimum atomic E-state index is -0.0925. The Hall–Kier alpha value is -0.690. The highest BCUT2D eigenvalue weighted by molar-refractivity contribution is 9.10. The third-order valence-electron chi connectivity index (χ3n) is 5.14. The summed E-state index contributed by atoms with van der Waals surface area (Å²) in [7, 11) is 0. The zero-order valence-corrected chi connectivity index (χ0v) is 16.8. The van der Waals surface area contributed by atoms with Gasteiger partial charge in [-0.1, -0.05) is 0 Å². The summed E-state index contributed by atoms with van der Waals surface area (Å²) in [6.45, 7) is 8.07. The summed E-state index contributed by atoms with van der Waals surface area (Å²) in [6, 6.07) is 4.26. The van der Waals surface area contributed by atoms with Crippen molar-refractivity contribution in [2.45, 2.75) is 64.4 Å². The van der Waals surface area contributed by atoms with Crippen molar-refractivity contribution in [1.29, 1.82) is 0 Å². The first kappa shape index (κ1) is 19.1. The van der Waals surface area contributed by atoms with E-state index in [1.54, 1.807) is 0 Å². The second-order valence-corrected chi connectivity index (χ2v) is 8.50. The molecule has 25 heavy (non-hydrogen) atoms. The predicted octanol–water partition coefficient (Wildman–Crippen LogP) is 3.42. The molecule has 6 heteroatoms. The lowest BCUT2D eigenvalue weighted by atomic mass is 9.87. The Balaban J connectivity index is 1.56. The predicted molar refractivity (Wildman–Crippen MR) is 104 cm³/mol. The van der Waals surface area contributed by atoms with Gasteiger partial charge >= 0.3 is 0 Å². The maximum Gasteiger partial charge on any atom is 0.127 e. The van der Waals surface area contributed by atoms with Crippen LogP contribution in [0.5, 0.6) is 0 Å². The molecule has 0 unspecified atom stereocenters. The average molecular weight is 412 g/mol. The van der Waals surface area contributed by atoms with Gasteiger partial charge in [-0.25, -0.2) is 4.98 Å². The van der Waals surface area contributed by atoms with E-state index in [2.05, 4.69) is 57.1 Å². The van der Waals surface area contributed by atoms with Crippen LogP contribution in [0.1, 0.15) is 45.1 Å². The molecule has 1 aliphatic heterocycles. The Morgan fingerprint density at radius 1 is 1.20 bits per heavy atom. The van der Waals surface area contributed by atoms with Gasteiger partial charge in [0.05, 0.1) is 18.3 Å². The second kappa shape index (κ2) is 8.80. The minimum Gasteiger partial charge on any atom is -0.393 e. The molecule has 1 aromatic heterocycles. The number of aliphatic hydroxyl groups excluding tert-OH is 1. The van der Waals surface area contributed by atoms with Gasteiger partial charge in [0, 0.05) is 26.2 Å². The number of anilines is 1. The van der Waals surface area contributed by atoms with Gasteiger partial charge in [0.25, 0.3) is 0 Å². The van der Waals surface area contributed by atoms with Crippen molar-refractivity contribution in [3.05, 3.63) is 22.3 Å². The summed E-state index contributed by atoms with van der Waals surface area (Å²) in [4.78, 5) is 7.02. The standard InChI is InChI=1S/C19H30BrN3O2/c1-13-10-23(11-14(2)25-13)12-16-7-18(20)22-19(8-16)21-9-15-3-5-17(24)6-4-15/h7-8,13-15,17,24H,3-6,9-12H2,1-2H3,(H,21,22)/t13-,14+,15?,17?. The molecule has 1 aromatic rings. The van der Waals surface area contributed by atoms with E-state index in [4.69, 9.17) is 4.74 Å². The number of aromatic nitrogens is 1. The Bertz CT molecular complexity index is 554. The van der Waals surface area contributed by atoms with Crippen molar-refractivity contribution in [3.8, 4) is 0 Å². The lowest BCUT2D eigenvalue weighted by molar-refractivity contribution is -0.0704. The zero-order chi connectivity index (χ0) is 17.8. The molecule has 2 heterocycles. The van der Waals surface area contributed by atoms with E-state index in [1.165, 1.54) is 5.56 Å². The molecule has 3 rings (SSSR count). The van der Waals surface area contributed by atoms with E-state index in [-0.39, 0.29) is 18.3 Å². The highest BCUT2D eigenvalue weighted by Gasteiger charge is 2.22. The fourth-order valence-corrected chi connectivity index (χ4v) is 4.49. The van der Waals surface area contributed by atoms with E-state index in [1.807, 2.05) is 0 Å². The molecule has 2 fully saturated rings. The van der Waals surface area contributed by atoms with Crippen LogP contribution in [0, 0.1) is 5.92 Å². The zero-order valence-electron chi connectivity index (χ0n) is 15.2. The molecule has 2 N–H and O–H groups in total. The number of morpholine rings is 1. The van der Waals surface area contributed by atoms with E-state index in [0.29, 0.717) is 5.92 Å². The monoisotopic (exact) mass is 411 g/mol. The van der Waals surface area contributed by atoms with Gasteiger partial charge < -0.3 is 15.2 Å². The van der Waals surface area contributed by atoms with Gasteiger partial charge in [-0.15, -0.1) is 0 Å². The fraction of sp³-hybridized carbons (Fsp3) is 0.737. The number of rotatable bonds is 5. The summed E-state index contributed by atoms with van der Waals surface area (Å²) in [5.41, 5.74) is 1.27. The SMILES string of the molecule is C[C@@H]1CN(Cc2cc(Br)nc(NCC3CCC(O)CC3)c2)C[C@H](C)O1. The third kappa shape index (κ3) is 5.91. The van der Waals surface area contributed by atoms with Gasteiger partial charge in [-0.2, -0.15) is 0 Å². The van der Waals surface area contributed by atoms with Crippen LogP contribution in [0.3, 0.4) is 0 Å². The minimum absolute atomic E-state index is 0.0925. The van der Waals surface area contributed by atoms with E-state index >= 15 is 0 Å². The van der Waals surface area contributed by atoms with E-state index in [9.17, 15) is 5.11 Å². The lowest BCUT2D eigenvalue weighted by Crippen LogP contribution is -2.44. The first-order chi connectivity index (χ1) is 12.0. The molecule has 0 spiro atoms. The van der Waals surface area contributed by atoms with Gasteiger partial charge in [-0.05, 0) is 79.1 Å². The Morgan fingerprint density at radius 3 is 2.56 bits per heavy atom.